The SMILES string of the molecule is COc1ccc2cnn(C3CCCCO3)c2n1. The van der Waals surface area contributed by atoms with Crippen molar-refractivity contribution in [3.8, 4) is 5.88 Å². The number of pyridine rings is 1. The molecule has 0 radical (unpaired) electrons. The molecule has 2 aromatic rings. The van der Waals surface area contributed by atoms with Gasteiger partial charge in [0.25, 0.3) is 0 Å². The van der Waals surface area contributed by atoms with Gasteiger partial charge in [-0.05, 0) is 25.3 Å². The van der Waals surface area contributed by atoms with Crippen LogP contribution in [0, 0.1) is 0 Å². The molecule has 0 amide bonds. The minimum atomic E-state index is 0.0147. The average Bonchev–Trinajstić information content (AvgIpc) is 2.82. The maximum absolute atomic E-state index is 5.72. The van der Waals surface area contributed by atoms with Gasteiger partial charge in [-0.1, -0.05) is 0 Å². The highest BCUT2D eigenvalue weighted by atomic mass is 16.5. The lowest BCUT2D eigenvalue weighted by Crippen LogP contribution is -2.19. The van der Waals surface area contributed by atoms with Crippen molar-refractivity contribution in [2.75, 3.05) is 13.7 Å². The second kappa shape index (κ2) is 4.33. The van der Waals surface area contributed by atoms with Crippen molar-refractivity contribution in [2.24, 2.45) is 0 Å². The van der Waals surface area contributed by atoms with Crippen molar-refractivity contribution in [3.63, 3.8) is 0 Å². The molecule has 90 valence electrons. The Morgan fingerprint density at radius 1 is 1.41 bits per heavy atom. The van der Waals surface area contributed by atoms with E-state index in [0.29, 0.717) is 5.88 Å². The fraction of sp³-hybridized carbons (Fsp3) is 0.500. The van der Waals surface area contributed by atoms with Crippen LogP contribution in [0.2, 0.25) is 0 Å². The zero-order valence-corrected chi connectivity index (χ0v) is 9.80. The minimum Gasteiger partial charge on any atom is -0.481 e. The van der Waals surface area contributed by atoms with Gasteiger partial charge < -0.3 is 9.47 Å². The Morgan fingerprint density at radius 2 is 2.35 bits per heavy atom. The third kappa shape index (κ3) is 1.86. The fourth-order valence-corrected chi connectivity index (χ4v) is 2.15. The first-order chi connectivity index (χ1) is 8.38. The fourth-order valence-electron chi connectivity index (χ4n) is 2.15. The third-order valence-corrected chi connectivity index (χ3v) is 3.06. The van der Waals surface area contributed by atoms with E-state index in [1.807, 2.05) is 23.0 Å². The number of rotatable bonds is 2. The number of hydrogen-bond donors (Lipinski definition) is 0. The van der Waals surface area contributed by atoms with Crippen LogP contribution in [0.5, 0.6) is 5.88 Å². The van der Waals surface area contributed by atoms with Gasteiger partial charge in [0.15, 0.2) is 11.9 Å². The molecule has 1 atom stereocenters. The summed E-state index contributed by atoms with van der Waals surface area (Å²) in [6, 6.07) is 3.81. The summed E-state index contributed by atoms with van der Waals surface area (Å²) in [4.78, 5) is 4.43. The summed E-state index contributed by atoms with van der Waals surface area (Å²) in [5.41, 5.74) is 0.830. The summed E-state index contributed by atoms with van der Waals surface area (Å²) in [6.07, 6.45) is 5.14. The lowest BCUT2D eigenvalue weighted by molar-refractivity contribution is -0.0370. The average molecular weight is 233 g/mol. The smallest absolute Gasteiger partial charge is 0.214 e. The number of aromatic nitrogens is 3. The number of ether oxygens (including phenoxy) is 2. The van der Waals surface area contributed by atoms with Gasteiger partial charge in [0, 0.05) is 18.1 Å². The summed E-state index contributed by atoms with van der Waals surface area (Å²) in [7, 11) is 1.62. The lowest BCUT2D eigenvalue weighted by Gasteiger charge is -2.22. The highest BCUT2D eigenvalue weighted by Crippen LogP contribution is 2.26. The van der Waals surface area contributed by atoms with Crippen molar-refractivity contribution in [3.05, 3.63) is 18.3 Å². The highest BCUT2D eigenvalue weighted by Gasteiger charge is 2.19. The normalized spacial score (nSPS) is 20.6. The Balaban J connectivity index is 2.02. The van der Waals surface area contributed by atoms with E-state index in [9.17, 15) is 0 Å². The summed E-state index contributed by atoms with van der Waals surface area (Å²) in [6.45, 7) is 0.802. The molecule has 1 aliphatic heterocycles. The van der Waals surface area contributed by atoms with Crippen LogP contribution >= 0.6 is 0 Å². The van der Waals surface area contributed by atoms with E-state index in [-0.39, 0.29) is 6.23 Å². The molecule has 3 heterocycles. The maximum Gasteiger partial charge on any atom is 0.214 e. The first-order valence-corrected chi connectivity index (χ1v) is 5.88. The van der Waals surface area contributed by atoms with Crippen LogP contribution < -0.4 is 4.74 Å². The minimum absolute atomic E-state index is 0.0147. The maximum atomic E-state index is 5.72. The number of methoxy groups -OCH3 is 1. The number of nitrogens with zero attached hydrogens (tertiary/aromatic N) is 3. The summed E-state index contributed by atoms with van der Waals surface area (Å²) in [5, 5.41) is 5.38. The van der Waals surface area contributed by atoms with Crippen molar-refractivity contribution < 1.29 is 9.47 Å². The van der Waals surface area contributed by atoms with Crippen LogP contribution in [0.1, 0.15) is 25.5 Å². The Morgan fingerprint density at radius 3 is 3.12 bits per heavy atom. The first kappa shape index (κ1) is 10.5. The van der Waals surface area contributed by atoms with Gasteiger partial charge in [0.05, 0.1) is 13.3 Å². The van der Waals surface area contributed by atoms with Crippen LogP contribution in [0.3, 0.4) is 0 Å². The van der Waals surface area contributed by atoms with Crippen molar-refractivity contribution >= 4 is 11.0 Å². The highest BCUT2D eigenvalue weighted by molar-refractivity contribution is 5.75. The van der Waals surface area contributed by atoms with Crippen LogP contribution in [0.25, 0.3) is 11.0 Å². The molecule has 17 heavy (non-hydrogen) atoms. The molecule has 5 nitrogen and oxygen atoms in total. The molecule has 0 aliphatic carbocycles. The van der Waals surface area contributed by atoms with Gasteiger partial charge in [-0.15, -0.1) is 0 Å². The standard InChI is InChI=1S/C12H15N3O2/c1-16-10-6-5-9-8-13-15(12(9)14-10)11-4-2-3-7-17-11/h5-6,8,11H,2-4,7H2,1H3. The number of hydrogen-bond acceptors (Lipinski definition) is 4. The third-order valence-electron chi connectivity index (χ3n) is 3.06. The molecule has 1 aliphatic rings. The van der Waals surface area contributed by atoms with Crippen LogP contribution in [-0.4, -0.2) is 28.5 Å². The van der Waals surface area contributed by atoms with E-state index in [0.717, 1.165) is 30.5 Å². The molecule has 5 heteroatoms. The molecule has 0 spiro atoms. The van der Waals surface area contributed by atoms with E-state index >= 15 is 0 Å². The first-order valence-electron chi connectivity index (χ1n) is 5.88. The molecule has 1 saturated heterocycles. The predicted molar refractivity (Wildman–Crippen MR) is 62.9 cm³/mol. The Hall–Kier alpha value is -1.62. The van der Waals surface area contributed by atoms with Crippen LogP contribution in [-0.2, 0) is 4.74 Å². The summed E-state index contributed by atoms with van der Waals surface area (Å²) < 4.78 is 12.7. The van der Waals surface area contributed by atoms with Gasteiger partial charge in [-0.2, -0.15) is 10.1 Å². The molecule has 0 bridgehead atoms. The van der Waals surface area contributed by atoms with Gasteiger partial charge in [0.1, 0.15) is 0 Å². The lowest BCUT2D eigenvalue weighted by atomic mass is 10.2. The van der Waals surface area contributed by atoms with Crippen molar-refractivity contribution in [1.82, 2.24) is 14.8 Å². The van der Waals surface area contributed by atoms with Crippen LogP contribution in [0.15, 0.2) is 18.3 Å². The summed E-state index contributed by atoms with van der Waals surface area (Å²) >= 11 is 0. The van der Waals surface area contributed by atoms with E-state index in [1.165, 1.54) is 6.42 Å². The second-order valence-corrected chi connectivity index (χ2v) is 4.18. The van der Waals surface area contributed by atoms with Crippen LogP contribution in [0.4, 0.5) is 0 Å². The second-order valence-electron chi connectivity index (χ2n) is 4.18. The van der Waals surface area contributed by atoms with Gasteiger partial charge >= 0.3 is 0 Å². The molecule has 0 aromatic carbocycles. The van der Waals surface area contributed by atoms with E-state index in [4.69, 9.17) is 9.47 Å². The van der Waals surface area contributed by atoms with Crippen molar-refractivity contribution in [2.45, 2.75) is 25.5 Å². The van der Waals surface area contributed by atoms with Gasteiger partial charge in [0.2, 0.25) is 5.88 Å². The molecule has 2 aromatic heterocycles. The monoisotopic (exact) mass is 233 g/mol. The van der Waals surface area contributed by atoms with Gasteiger partial charge in [-0.3, -0.25) is 0 Å². The zero-order valence-electron chi connectivity index (χ0n) is 9.80. The largest absolute Gasteiger partial charge is 0.481 e. The molecular formula is C12H15N3O2. The Bertz CT molecular complexity index is 517. The van der Waals surface area contributed by atoms with Gasteiger partial charge in [-0.25, -0.2) is 4.68 Å². The predicted octanol–water partition coefficient (Wildman–Crippen LogP) is 2.14. The molecule has 3 rings (SSSR count). The topological polar surface area (TPSA) is 49.2 Å². The van der Waals surface area contributed by atoms with E-state index in [1.54, 1.807) is 7.11 Å². The van der Waals surface area contributed by atoms with E-state index < -0.39 is 0 Å². The molecule has 0 N–H and O–H groups in total. The Kier molecular flexibility index (Phi) is 2.68. The zero-order chi connectivity index (χ0) is 11.7. The quantitative estimate of drug-likeness (QED) is 0.797. The van der Waals surface area contributed by atoms with E-state index in [2.05, 4.69) is 10.1 Å². The Labute approximate surface area is 99.4 Å². The number of fused-ring (bicyclic) bond motifs is 1. The molecule has 1 fully saturated rings. The summed E-state index contributed by atoms with van der Waals surface area (Å²) in [5.74, 6) is 0.607. The van der Waals surface area contributed by atoms with Crippen molar-refractivity contribution in [1.29, 1.82) is 0 Å². The molecule has 1 unspecified atom stereocenters. The molecule has 0 saturated carbocycles. The molecular weight excluding hydrogens is 218 g/mol.